The zero-order valence-corrected chi connectivity index (χ0v) is 16.2. The van der Waals surface area contributed by atoms with Crippen LogP contribution in [-0.4, -0.2) is 34.5 Å². The van der Waals surface area contributed by atoms with Gasteiger partial charge in [0.1, 0.15) is 0 Å². The molecule has 1 heterocycles. The molecule has 0 fully saturated rings. The van der Waals surface area contributed by atoms with E-state index < -0.39 is 0 Å². The zero-order chi connectivity index (χ0) is 18.2. The van der Waals surface area contributed by atoms with Crippen molar-refractivity contribution in [3.8, 4) is 11.3 Å². The summed E-state index contributed by atoms with van der Waals surface area (Å²) in [6, 6.07) is 8.25. The molecule has 134 valence electrons. The molecule has 0 spiro atoms. The molecule has 0 radical (unpaired) electrons. The van der Waals surface area contributed by atoms with E-state index >= 15 is 0 Å². The van der Waals surface area contributed by atoms with Gasteiger partial charge in [0.25, 0.3) is 0 Å². The van der Waals surface area contributed by atoms with Crippen LogP contribution in [0, 0.1) is 0 Å². The lowest BCUT2D eigenvalue weighted by Crippen LogP contribution is -2.24. The number of amides is 1. The Morgan fingerprint density at radius 2 is 2.00 bits per heavy atom. The molecular formula is C18H22N2O3S2. The predicted molar refractivity (Wildman–Crippen MR) is 104 cm³/mol. The first-order valence-corrected chi connectivity index (χ1v) is 10.1. The Morgan fingerprint density at radius 1 is 1.28 bits per heavy atom. The van der Waals surface area contributed by atoms with E-state index in [0.29, 0.717) is 11.7 Å². The number of rotatable bonds is 8. The largest absolute Gasteiger partial charge is 0.465 e. The van der Waals surface area contributed by atoms with E-state index in [4.69, 9.17) is 4.74 Å². The molecule has 0 aliphatic rings. The van der Waals surface area contributed by atoms with E-state index in [1.54, 1.807) is 13.8 Å². The van der Waals surface area contributed by atoms with Crippen LogP contribution in [-0.2, 0) is 20.7 Å². The standard InChI is InChI=1S/C18H22N2O3S2/c1-4-13-6-8-14(9-7-13)15-10-25-18(19-15)20-17(22)12(3)24-11-16(21)23-5-2/h6-10,12H,4-5,11H2,1-3H3,(H,19,20,22)/t12-/m1/s1. The number of nitrogens with one attached hydrogen (secondary N) is 1. The number of nitrogens with zero attached hydrogens (tertiary/aromatic N) is 1. The molecule has 0 aliphatic carbocycles. The Morgan fingerprint density at radius 3 is 2.64 bits per heavy atom. The fourth-order valence-electron chi connectivity index (χ4n) is 2.05. The Balaban J connectivity index is 1.91. The molecule has 1 atom stereocenters. The van der Waals surface area contributed by atoms with Gasteiger partial charge in [0.05, 0.1) is 23.3 Å². The van der Waals surface area contributed by atoms with E-state index in [2.05, 4.69) is 29.4 Å². The maximum atomic E-state index is 12.2. The summed E-state index contributed by atoms with van der Waals surface area (Å²) in [7, 11) is 0. The maximum absolute atomic E-state index is 12.2. The Labute approximate surface area is 156 Å². The summed E-state index contributed by atoms with van der Waals surface area (Å²) >= 11 is 2.64. The molecule has 25 heavy (non-hydrogen) atoms. The van der Waals surface area contributed by atoms with Crippen molar-refractivity contribution >= 4 is 40.1 Å². The van der Waals surface area contributed by atoms with E-state index in [9.17, 15) is 9.59 Å². The predicted octanol–water partition coefficient (Wildman–Crippen LogP) is 4.00. The Kier molecular flexibility index (Phi) is 7.46. The summed E-state index contributed by atoms with van der Waals surface area (Å²) < 4.78 is 4.86. The molecule has 0 saturated heterocycles. The number of thiazole rings is 1. The lowest BCUT2D eigenvalue weighted by Gasteiger charge is -2.09. The number of esters is 1. The zero-order valence-electron chi connectivity index (χ0n) is 14.6. The molecule has 2 rings (SSSR count). The van der Waals surface area contributed by atoms with E-state index in [1.165, 1.54) is 28.7 Å². The van der Waals surface area contributed by atoms with Gasteiger partial charge in [-0.25, -0.2) is 4.98 Å². The van der Waals surface area contributed by atoms with Crippen LogP contribution in [0.3, 0.4) is 0 Å². The third kappa shape index (κ3) is 5.86. The number of benzene rings is 1. The number of hydrogen-bond acceptors (Lipinski definition) is 6. The third-order valence-corrected chi connectivity index (χ3v) is 5.39. The molecule has 0 bridgehead atoms. The molecule has 0 unspecified atom stereocenters. The van der Waals surface area contributed by atoms with Crippen molar-refractivity contribution in [3.05, 3.63) is 35.2 Å². The van der Waals surface area contributed by atoms with Gasteiger partial charge in [-0.2, -0.15) is 0 Å². The summed E-state index contributed by atoms with van der Waals surface area (Å²) in [5.41, 5.74) is 3.15. The van der Waals surface area contributed by atoms with Crippen molar-refractivity contribution in [1.29, 1.82) is 0 Å². The molecule has 1 aromatic heterocycles. The lowest BCUT2D eigenvalue weighted by molar-refractivity contribution is -0.139. The van der Waals surface area contributed by atoms with Gasteiger partial charge in [0, 0.05) is 10.9 Å². The topological polar surface area (TPSA) is 68.3 Å². The lowest BCUT2D eigenvalue weighted by atomic mass is 10.1. The summed E-state index contributed by atoms with van der Waals surface area (Å²) in [5, 5.41) is 4.93. The molecule has 1 N–H and O–H groups in total. The highest BCUT2D eigenvalue weighted by molar-refractivity contribution is 8.01. The minimum absolute atomic E-state index is 0.162. The number of thioether (sulfide) groups is 1. The van der Waals surface area contributed by atoms with E-state index in [-0.39, 0.29) is 22.9 Å². The van der Waals surface area contributed by atoms with Crippen LogP contribution in [0.25, 0.3) is 11.3 Å². The first-order chi connectivity index (χ1) is 12.0. The summed E-state index contributed by atoms with van der Waals surface area (Å²) in [6.07, 6.45) is 1.00. The summed E-state index contributed by atoms with van der Waals surface area (Å²) in [5.74, 6) is -0.314. The van der Waals surface area contributed by atoms with Gasteiger partial charge in [0.2, 0.25) is 5.91 Å². The summed E-state index contributed by atoms with van der Waals surface area (Å²) in [6.45, 7) is 5.99. The highest BCUT2D eigenvalue weighted by atomic mass is 32.2. The van der Waals surface area contributed by atoms with Crippen LogP contribution in [0.2, 0.25) is 0 Å². The van der Waals surface area contributed by atoms with Crippen LogP contribution in [0.4, 0.5) is 5.13 Å². The number of carbonyl (C=O) groups excluding carboxylic acids is 2. The van der Waals surface area contributed by atoms with Crippen molar-refractivity contribution in [2.24, 2.45) is 0 Å². The van der Waals surface area contributed by atoms with Gasteiger partial charge in [-0.3, -0.25) is 9.59 Å². The Bertz CT molecular complexity index is 713. The molecular weight excluding hydrogens is 356 g/mol. The molecule has 5 nitrogen and oxygen atoms in total. The van der Waals surface area contributed by atoms with Crippen LogP contribution in [0.5, 0.6) is 0 Å². The first kappa shape index (κ1) is 19.5. The van der Waals surface area contributed by atoms with Crippen molar-refractivity contribution in [2.45, 2.75) is 32.4 Å². The fraction of sp³-hybridized carbons (Fsp3) is 0.389. The summed E-state index contributed by atoms with van der Waals surface area (Å²) in [4.78, 5) is 28.0. The smallest absolute Gasteiger partial charge is 0.315 e. The second-order valence-corrected chi connectivity index (χ2v) is 7.52. The van der Waals surface area contributed by atoms with Crippen molar-refractivity contribution in [1.82, 2.24) is 4.98 Å². The second-order valence-electron chi connectivity index (χ2n) is 5.34. The van der Waals surface area contributed by atoms with E-state index in [0.717, 1.165) is 17.7 Å². The second kappa shape index (κ2) is 9.58. The highest BCUT2D eigenvalue weighted by Crippen LogP contribution is 2.26. The minimum Gasteiger partial charge on any atom is -0.465 e. The molecule has 1 amide bonds. The van der Waals surface area contributed by atoms with Gasteiger partial charge in [-0.05, 0) is 25.8 Å². The van der Waals surface area contributed by atoms with Crippen LogP contribution in [0.15, 0.2) is 29.6 Å². The average molecular weight is 379 g/mol. The molecule has 0 aliphatic heterocycles. The molecule has 2 aromatic rings. The number of carbonyl (C=O) groups is 2. The van der Waals surface area contributed by atoms with Gasteiger partial charge in [0.15, 0.2) is 5.13 Å². The van der Waals surface area contributed by atoms with Crippen LogP contribution in [0.1, 0.15) is 26.3 Å². The number of aryl methyl sites for hydroxylation is 1. The maximum Gasteiger partial charge on any atom is 0.315 e. The van der Waals surface area contributed by atoms with Crippen molar-refractivity contribution in [3.63, 3.8) is 0 Å². The van der Waals surface area contributed by atoms with E-state index in [1.807, 2.05) is 17.5 Å². The third-order valence-electron chi connectivity index (χ3n) is 3.52. The number of aromatic nitrogens is 1. The monoisotopic (exact) mass is 378 g/mol. The molecule has 1 aromatic carbocycles. The number of anilines is 1. The number of ether oxygens (including phenoxy) is 1. The fourth-order valence-corrected chi connectivity index (χ4v) is 3.46. The Hall–Kier alpha value is -1.86. The molecule has 7 heteroatoms. The minimum atomic E-state index is -0.361. The van der Waals surface area contributed by atoms with Crippen LogP contribution >= 0.6 is 23.1 Å². The van der Waals surface area contributed by atoms with Gasteiger partial charge in [-0.15, -0.1) is 23.1 Å². The quantitative estimate of drug-likeness (QED) is 0.703. The van der Waals surface area contributed by atoms with Gasteiger partial charge >= 0.3 is 5.97 Å². The van der Waals surface area contributed by atoms with Gasteiger partial charge in [-0.1, -0.05) is 31.2 Å². The average Bonchev–Trinajstić information content (AvgIpc) is 3.08. The SMILES string of the molecule is CCOC(=O)CS[C@H](C)C(=O)Nc1nc(-c2ccc(CC)cc2)cs1. The first-order valence-electron chi connectivity index (χ1n) is 8.16. The van der Waals surface area contributed by atoms with Gasteiger partial charge < -0.3 is 10.1 Å². The normalized spacial score (nSPS) is 11.8. The van der Waals surface area contributed by atoms with Crippen molar-refractivity contribution < 1.29 is 14.3 Å². The highest BCUT2D eigenvalue weighted by Gasteiger charge is 2.17. The number of hydrogen-bond donors (Lipinski definition) is 1. The van der Waals surface area contributed by atoms with Crippen molar-refractivity contribution in [2.75, 3.05) is 17.7 Å². The molecule has 0 saturated carbocycles. The van der Waals surface area contributed by atoms with Crippen LogP contribution < -0.4 is 5.32 Å².